The Balaban J connectivity index is 0.000000185. The molecule has 12 fully saturated rings. The molecular weight excluding hydrogens is 1530 g/mol. The highest BCUT2D eigenvalue weighted by Gasteiger charge is 2.76. The summed E-state index contributed by atoms with van der Waals surface area (Å²) in [5.74, 6) is 4.39. The van der Waals surface area contributed by atoms with Crippen molar-refractivity contribution in [2.45, 2.75) is 451 Å². The molecule has 8 aliphatic heterocycles. The van der Waals surface area contributed by atoms with Gasteiger partial charge in [-0.15, -0.1) is 0 Å². The van der Waals surface area contributed by atoms with Crippen LogP contribution in [0.15, 0.2) is 46.6 Å². The molecule has 0 amide bonds. The second-order valence-corrected chi connectivity index (χ2v) is 43.1. The Morgan fingerprint density at radius 3 is 0.930 bits per heavy atom. The SMILES string of the molecule is CCCCCCCCCCS.CCCCCCCCCCS[C@@H]1CC[C@]2(CO2)[C@@H]([C@@]2(C)O[C@@H]2CC=C(C)C)[C@@H]1OC.CCCCCCCCCCS[C@@H]1CC[C@]2(CO2)[C@@H]([C@@]2(C)O[C@@H]2CC=C(C)C)[C@@H]1OC.CO[C@@H]1[C@@H](O)CC[C@]2(CO2)[C@H]1[C@@]1(C)O[C@@H]1CC=C(C)C.CO[C@@H]1[C@@H](OS(C)(=O)=O)CC[C@]2(CO2)[C@H]1[C@@]1(C)O[C@@H]1CC=C(C)C. The highest BCUT2D eigenvalue weighted by Crippen LogP contribution is 2.64. The average molecular weight is 1690 g/mol. The molecule has 0 radical (unpaired) electrons. The molecular formula is C95H168O16S4. The van der Waals surface area contributed by atoms with Crippen LogP contribution in [0.2, 0.25) is 0 Å². The van der Waals surface area contributed by atoms with Crippen molar-refractivity contribution in [3.05, 3.63) is 46.6 Å². The second kappa shape index (κ2) is 46.6. The number of rotatable bonds is 46. The quantitative estimate of drug-likeness (QED) is 0.0191. The fraction of sp³-hybridized carbons (Fsp3) is 0.916. The van der Waals surface area contributed by atoms with Crippen LogP contribution in [-0.4, -0.2) is 208 Å². The van der Waals surface area contributed by atoms with E-state index < -0.39 is 22.3 Å². The molecule has 0 aromatic carbocycles. The second-order valence-electron chi connectivity index (χ2n) is 38.4. The Kier molecular flexibility index (Phi) is 40.4. The Bertz CT molecular complexity index is 2970. The van der Waals surface area contributed by atoms with E-state index in [1.54, 1.807) is 14.2 Å². The van der Waals surface area contributed by atoms with Crippen LogP contribution in [0, 0.1) is 23.7 Å². The molecule has 0 bridgehead atoms. The Hall–Kier alpha value is -0.600. The summed E-state index contributed by atoms with van der Waals surface area (Å²) in [4.78, 5) is 0. The molecule has 8 heterocycles. The standard InChI is InChI=1S/2C26H46O3S.C17H28O6S.C16H26O4.C10H22S/c2*1-6-7-8-9-10-11-12-13-18-30-21-16-17-26(19-28-26)24(23(21)27-5)25(4)22(29-25)15-14-20(2)3;1-11(2)6-7-13-16(3,22-13)15-14(20-4)12(23-24(5,18)19)8-9-17(15)10-21-17;1-10(2)5-6-12-15(3,20-12)14-13(18-4)11(17)7-8-16(14)9-19-16;1-2-3-4-5-6-7-8-9-10-11/h2*14,21-24H,6-13,15-19H2,1-5H3;6,12-15H,7-10H2,1-5H3;5,11-14,17H,6-9H2,1-4H3;11H,2-10H2,1H3/t2*21-,22-,23-,24-,25+,26+;12-,13+,14+,15+,16-,17-;11-,12+,13+,14+,15-,16-;/m1100./s1. The lowest BCUT2D eigenvalue weighted by Gasteiger charge is -2.43. The fourth-order valence-electron chi connectivity index (χ4n) is 20.7. The number of thiol groups is 1. The maximum Gasteiger partial charge on any atom is 0.264 e. The summed E-state index contributed by atoms with van der Waals surface area (Å²) >= 11 is 8.48. The molecule has 16 nitrogen and oxygen atoms in total. The van der Waals surface area contributed by atoms with Gasteiger partial charge < -0.3 is 61.9 Å². The number of epoxide rings is 8. The molecule has 4 spiro atoms. The molecule has 0 aromatic heterocycles. The van der Waals surface area contributed by atoms with Crippen molar-refractivity contribution < 1.29 is 74.5 Å². The van der Waals surface area contributed by atoms with Gasteiger partial charge in [0, 0.05) is 50.8 Å². The number of methoxy groups -OCH3 is 4. The zero-order valence-corrected chi connectivity index (χ0v) is 79.5. The number of hydrogen-bond donors (Lipinski definition) is 2. The molecule has 12 aliphatic rings. The minimum absolute atomic E-state index is 0.0186. The number of aliphatic hydroxyl groups excluding tert-OH is 1. The van der Waals surface area contributed by atoms with Crippen LogP contribution in [-0.2, 0) is 71.1 Å². The lowest BCUT2D eigenvalue weighted by atomic mass is 9.68. The van der Waals surface area contributed by atoms with Crippen LogP contribution in [0.5, 0.6) is 0 Å². The van der Waals surface area contributed by atoms with E-state index in [0.29, 0.717) is 47.6 Å². The number of aliphatic hydroxyl groups is 1. The third kappa shape index (κ3) is 28.5. The van der Waals surface area contributed by atoms with Crippen molar-refractivity contribution in [2.75, 3.05) is 78.4 Å². The van der Waals surface area contributed by atoms with E-state index in [9.17, 15) is 13.5 Å². The van der Waals surface area contributed by atoms with Gasteiger partial charge >= 0.3 is 0 Å². The summed E-state index contributed by atoms with van der Waals surface area (Å²) in [5.41, 5.74) is 4.18. The Morgan fingerprint density at radius 1 is 0.400 bits per heavy atom. The van der Waals surface area contributed by atoms with Crippen molar-refractivity contribution in [3.63, 3.8) is 0 Å². The monoisotopic (exact) mass is 1690 g/mol. The van der Waals surface area contributed by atoms with Crippen molar-refractivity contribution in [3.8, 4) is 0 Å². The minimum Gasteiger partial charge on any atom is -0.390 e. The van der Waals surface area contributed by atoms with E-state index in [2.05, 4.69) is 164 Å². The molecule has 20 heteroatoms. The molecule has 0 unspecified atom stereocenters. The van der Waals surface area contributed by atoms with Gasteiger partial charge in [-0.25, -0.2) is 0 Å². The zero-order chi connectivity index (χ0) is 83.9. The van der Waals surface area contributed by atoms with Crippen molar-refractivity contribution in [1.29, 1.82) is 0 Å². The maximum absolute atomic E-state index is 11.6. The molecule has 12 rings (SSSR count). The average Bonchev–Trinajstić information content (AvgIpc) is 1.60. The minimum atomic E-state index is -3.54. The largest absolute Gasteiger partial charge is 0.390 e. The summed E-state index contributed by atoms with van der Waals surface area (Å²) in [6, 6.07) is 0. The van der Waals surface area contributed by atoms with Crippen molar-refractivity contribution >= 4 is 46.3 Å². The topological polar surface area (TPSA) is 201 Å². The van der Waals surface area contributed by atoms with Gasteiger partial charge in [0.1, 0.15) is 28.5 Å². The highest BCUT2D eigenvalue weighted by atomic mass is 32.2. The van der Waals surface area contributed by atoms with Gasteiger partial charge in [-0.3, -0.25) is 4.18 Å². The molecule has 1 N–H and O–H groups in total. The van der Waals surface area contributed by atoms with Gasteiger partial charge in [0.25, 0.3) is 10.1 Å². The summed E-state index contributed by atoms with van der Waals surface area (Å²) in [5, 5.41) is 11.4. The van der Waals surface area contributed by atoms with E-state index in [0.717, 1.165) is 76.8 Å². The van der Waals surface area contributed by atoms with E-state index in [1.165, 1.54) is 214 Å². The van der Waals surface area contributed by atoms with E-state index >= 15 is 0 Å². The first-order chi connectivity index (χ1) is 54.9. The van der Waals surface area contributed by atoms with Crippen LogP contribution >= 0.6 is 36.2 Å². The first kappa shape index (κ1) is 99.8. The van der Waals surface area contributed by atoms with E-state index in [1.807, 2.05) is 14.2 Å². The number of thioether (sulfide) groups is 2. The molecule has 8 saturated heterocycles. The molecule has 115 heavy (non-hydrogen) atoms. The Morgan fingerprint density at radius 2 is 0.661 bits per heavy atom. The van der Waals surface area contributed by atoms with Gasteiger partial charge in [-0.1, -0.05) is 202 Å². The number of allylic oxidation sites excluding steroid dienone is 4. The summed E-state index contributed by atoms with van der Waals surface area (Å²) in [7, 11) is 3.55. The van der Waals surface area contributed by atoms with Crippen molar-refractivity contribution in [2.24, 2.45) is 23.7 Å². The fourth-order valence-corrected chi connectivity index (χ4v) is 24.4. The first-order valence-corrected chi connectivity index (χ1v) is 50.8. The summed E-state index contributed by atoms with van der Waals surface area (Å²) < 4.78 is 101. The Labute approximate surface area is 716 Å². The summed E-state index contributed by atoms with van der Waals surface area (Å²) in [6.45, 7) is 35.9. The molecule has 0 aromatic rings. The number of ether oxygens (including phenoxy) is 12. The smallest absolute Gasteiger partial charge is 0.264 e. The number of hydrogen-bond acceptors (Lipinski definition) is 19. The zero-order valence-electron chi connectivity index (χ0n) is 76.2. The van der Waals surface area contributed by atoms with Gasteiger partial charge in [-0.05, 0) is 197 Å². The van der Waals surface area contributed by atoms with Crippen LogP contribution in [0.4, 0.5) is 0 Å². The van der Waals surface area contributed by atoms with Crippen LogP contribution < -0.4 is 0 Å². The van der Waals surface area contributed by atoms with Crippen LogP contribution in [0.3, 0.4) is 0 Å². The van der Waals surface area contributed by atoms with Gasteiger partial charge in [0.15, 0.2) is 0 Å². The lowest BCUT2D eigenvalue weighted by Crippen LogP contribution is -2.55. The highest BCUT2D eigenvalue weighted by molar-refractivity contribution is 8.00. The molecule has 24 atom stereocenters. The van der Waals surface area contributed by atoms with Crippen molar-refractivity contribution in [1.82, 2.24) is 0 Å². The van der Waals surface area contributed by atoms with E-state index in [-0.39, 0.29) is 93.3 Å². The third-order valence-electron chi connectivity index (χ3n) is 27.9. The van der Waals surface area contributed by atoms with Crippen LogP contribution in [0.1, 0.15) is 335 Å². The van der Waals surface area contributed by atoms with E-state index in [4.69, 9.17) is 61.0 Å². The normalized spacial score (nSPS) is 38.5. The molecule has 4 saturated carbocycles. The third-order valence-corrected chi connectivity index (χ3v) is 31.8. The lowest BCUT2D eigenvalue weighted by molar-refractivity contribution is -0.116. The first-order valence-electron chi connectivity index (χ1n) is 46.2. The predicted molar refractivity (Wildman–Crippen MR) is 478 cm³/mol. The van der Waals surface area contributed by atoms with Gasteiger partial charge in [0.2, 0.25) is 0 Å². The summed E-state index contributed by atoms with van der Waals surface area (Å²) in [6.07, 6.45) is 55.1. The van der Waals surface area contributed by atoms with Gasteiger partial charge in [-0.2, -0.15) is 44.6 Å². The molecule has 4 aliphatic carbocycles. The van der Waals surface area contributed by atoms with Crippen LogP contribution in [0.25, 0.3) is 0 Å². The van der Waals surface area contributed by atoms with Gasteiger partial charge in [0.05, 0.1) is 122 Å². The number of unbranched alkanes of at least 4 members (excludes halogenated alkanes) is 21. The molecule has 668 valence electrons. The predicted octanol–water partition coefficient (Wildman–Crippen LogP) is 22.0. The maximum atomic E-state index is 11.6.